The number of anilines is 1. The number of H-pyrrole nitrogens is 1. The van der Waals surface area contributed by atoms with E-state index in [2.05, 4.69) is 20.8 Å². The first-order valence-corrected chi connectivity index (χ1v) is 7.83. The predicted molar refractivity (Wildman–Crippen MR) is 98.6 cm³/mol. The molecule has 6 heteroatoms. The molecule has 2 N–H and O–H groups in total. The van der Waals surface area contributed by atoms with Crippen LogP contribution in [0.25, 0.3) is 10.8 Å². The molecule has 0 fully saturated rings. The molecule has 0 radical (unpaired) electrons. The molecular weight excluding hydrogens is 314 g/mol. The van der Waals surface area contributed by atoms with Crippen LogP contribution in [0.5, 0.6) is 0 Å². The molecule has 0 spiro atoms. The van der Waals surface area contributed by atoms with Crippen molar-refractivity contribution >= 4 is 27.8 Å². The van der Waals surface area contributed by atoms with E-state index in [9.17, 15) is 4.79 Å². The molecule has 0 saturated heterocycles. The zero-order chi connectivity index (χ0) is 17.1. The molecule has 6 nitrogen and oxygen atoms in total. The SMILES string of the molecule is O=c1c(N=Nc2cccc3ccccc23)c[nH]n1Nc1ccccc1. The van der Waals surface area contributed by atoms with Gasteiger partial charge in [-0.25, -0.2) is 0 Å². The summed E-state index contributed by atoms with van der Waals surface area (Å²) in [7, 11) is 0. The number of aromatic nitrogens is 2. The first kappa shape index (κ1) is 14.9. The lowest BCUT2D eigenvalue weighted by atomic mass is 10.1. The number of fused-ring (bicyclic) bond motifs is 1. The third kappa shape index (κ3) is 3.05. The van der Waals surface area contributed by atoms with Crippen LogP contribution < -0.4 is 11.0 Å². The van der Waals surface area contributed by atoms with Crippen LogP contribution in [0, 0.1) is 0 Å². The lowest BCUT2D eigenvalue weighted by Crippen LogP contribution is -2.23. The summed E-state index contributed by atoms with van der Waals surface area (Å²) in [4.78, 5) is 13.6. The largest absolute Gasteiger partial charge is 0.313 e. The summed E-state index contributed by atoms with van der Waals surface area (Å²) in [5, 5.41) is 13.3. The van der Waals surface area contributed by atoms with E-state index in [0.29, 0.717) is 0 Å². The Bertz CT molecular complexity index is 1090. The smallest absolute Gasteiger partial charge is 0.281 e. The van der Waals surface area contributed by atoms with Gasteiger partial charge in [-0.1, -0.05) is 54.6 Å². The molecule has 0 aliphatic heterocycles. The Kier molecular flexibility index (Phi) is 3.84. The molecule has 3 aromatic carbocycles. The monoisotopic (exact) mass is 329 g/mol. The van der Waals surface area contributed by atoms with E-state index in [0.717, 1.165) is 22.1 Å². The maximum Gasteiger partial charge on any atom is 0.313 e. The standard InChI is InChI=1S/C19H15N5O/c25-19-18(13-20-24(19)23-15-9-2-1-3-10-15)22-21-17-12-6-8-14-7-4-5-11-16(14)17/h1-13,20,23H. The van der Waals surface area contributed by atoms with Gasteiger partial charge in [0.2, 0.25) is 0 Å². The normalized spacial score (nSPS) is 11.2. The van der Waals surface area contributed by atoms with Crippen LogP contribution in [0.2, 0.25) is 0 Å². The highest BCUT2D eigenvalue weighted by Crippen LogP contribution is 2.26. The molecule has 0 saturated carbocycles. The first-order valence-electron chi connectivity index (χ1n) is 7.83. The number of nitrogens with zero attached hydrogens (tertiary/aromatic N) is 3. The number of hydrogen-bond acceptors (Lipinski definition) is 4. The Labute approximate surface area is 143 Å². The second-order valence-electron chi connectivity index (χ2n) is 5.48. The molecule has 0 bridgehead atoms. The number of aromatic amines is 1. The van der Waals surface area contributed by atoms with Gasteiger partial charge in [-0.3, -0.25) is 15.3 Å². The van der Waals surface area contributed by atoms with Gasteiger partial charge < -0.3 is 0 Å². The van der Waals surface area contributed by atoms with Gasteiger partial charge in [-0.15, -0.1) is 10.2 Å². The Hall–Kier alpha value is -3.67. The second-order valence-corrected chi connectivity index (χ2v) is 5.48. The van der Waals surface area contributed by atoms with Crippen molar-refractivity contribution in [1.82, 2.24) is 9.89 Å². The van der Waals surface area contributed by atoms with Crippen LogP contribution in [-0.4, -0.2) is 9.89 Å². The molecule has 4 rings (SSSR count). The highest BCUT2D eigenvalue weighted by Gasteiger charge is 2.06. The third-order valence-electron chi connectivity index (χ3n) is 3.80. The summed E-state index contributed by atoms with van der Waals surface area (Å²) >= 11 is 0. The topological polar surface area (TPSA) is 74.5 Å². The molecule has 1 aromatic heterocycles. The molecule has 1 heterocycles. The molecule has 0 atom stereocenters. The van der Waals surface area contributed by atoms with Crippen molar-refractivity contribution in [1.29, 1.82) is 0 Å². The van der Waals surface area contributed by atoms with Crippen LogP contribution in [0.15, 0.2) is 94.0 Å². The summed E-state index contributed by atoms with van der Waals surface area (Å²) in [6, 6.07) is 23.1. The number of nitrogens with one attached hydrogen (secondary N) is 2. The van der Waals surface area contributed by atoms with Crippen LogP contribution in [0.3, 0.4) is 0 Å². The Morgan fingerprint density at radius 3 is 2.40 bits per heavy atom. The Morgan fingerprint density at radius 2 is 1.52 bits per heavy atom. The van der Waals surface area contributed by atoms with E-state index in [1.54, 1.807) is 0 Å². The van der Waals surface area contributed by atoms with Gasteiger partial charge in [-0.2, -0.15) is 4.79 Å². The molecule has 122 valence electrons. The minimum absolute atomic E-state index is 0.233. The van der Waals surface area contributed by atoms with Crippen molar-refractivity contribution in [2.24, 2.45) is 10.2 Å². The highest BCUT2D eigenvalue weighted by atomic mass is 16.1. The van der Waals surface area contributed by atoms with Gasteiger partial charge in [-0.05, 0) is 23.6 Å². The molecule has 0 aliphatic rings. The zero-order valence-corrected chi connectivity index (χ0v) is 13.3. The number of benzene rings is 3. The third-order valence-corrected chi connectivity index (χ3v) is 3.80. The summed E-state index contributed by atoms with van der Waals surface area (Å²) in [5.41, 5.74) is 4.42. The quantitative estimate of drug-likeness (QED) is 0.536. The van der Waals surface area contributed by atoms with Crippen LogP contribution >= 0.6 is 0 Å². The molecule has 0 unspecified atom stereocenters. The van der Waals surface area contributed by atoms with Crippen LogP contribution in [0.1, 0.15) is 0 Å². The van der Waals surface area contributed by atoms with E-state index < -0.39 is 0 Å². The van der Waals surface area contributed by atoms with E-state index in [1.165, 1.54) is 11.0 Å². The first-order chi connectivity index (χ1) is 12.3. The summed E-state index contributed by atoms with van der Waals surface area (Å²) < 4.78 is 0. The summed E-state index contributed by atoms with van der Waals surface area (Å²) in [6.45, 7) is 0. The molecular formula is C19H15N5O. The Balaban J connectivity index is 1.63. The minimum Gasteiger partial charge on any atom is -0.281 e. The number of hydrogen-bond donors (Lipinski definition) is 2. The average Bonchev–Trinajstić information content (AvgIpc) is 3.00. The number of azo groups is 1. The molecule has 0 aliphatic carbocycles. The second kappa shape index (κ2) is 6.45. The molecule has 0 amide bonds. The van der Waals surface area contributed by atoms with Gasteiger partial charge in [0.1, 0.15) is 0 Å². The fraction of sp³-hybridized carbons (Fsp3) is 0. The van der Waals surface area contributed by atoms with Crippen LogP contribution in [0.4, 0.5) is 17.1 Å². The summed E-state index contributed by atoms with van der Waals surface area (Å²) in [5.74, 6) is 0. The summed E-state index contributed by atoms with van der Waals surface area (Å²) in [6.07, 6.45) is 1.52. The van der Waals surface area contributed by atoms with E-state index in [-0.39, 0.29) is 11.2 Å². The maximum absolute atomic E-state index is 12.4. The van der Waals surface area contributed by atoms with Gasteiger partial charge in [0.05, 0.1) is 17.6 Å². The molecule has 4 aromatic rings. The van der Waals surface area contributed by atoms with Crippen molar-refractivity contribution in [3.63, 3.8) is 0 Å². The average molecular weight is 329 g/mol. The lowest BCUT2D eigenvalue weighted by Gasteiger charge is -2.04. The minimum atomic E-state index is -0.298. The van der Waals surface area contributed by atoms with Crippen molar-refractivity contribution in [3.05, 3.63) is 89.3 Å². The maximum atomic E-state index is 12.4. The fourth-order valence-electron chi connectivity index (χ4n) is 2.56. The lowest BCUT2D eigenvalue weighted by molar-refractivity contribution is 0.775. The zero-order valence-electron chi connectivity index (χ0n) is 13.3. The number of para-hydroxylation sites is 1. The van der Waals surface area contributed by atoms with Crippen molar-refractivity contribution in [3.8, 4) is 0 Å². The van der Waals surface area contributed by atoms with E-state index in [1.807, 2.05) is 72.8 Å². The highest BCUT2D eigenvalue weighted by molar-refractivity contribution is 5.92. The molecule has 25 heavy (non-hydrogen) atoms. The fourth-order valence-corrected chi connectivity index (χ4v) is 2.56. The Morgan fingerprint density at radius 1 is 0.800 bits per heavy atom. The van der Waals surface area contributed by atoms with E-state index in [4.69, 9.17) is 0 Å². The van der Waals surface area contributed by atoms with Gasteiger partial charge in [0, 0.05) is 5.39 Å². The van der Waals surface area contributed by atoms with Crippen molar-refractivity contribution in [2.45, 2.75) is 0 Å². The van der Waals surface area contributed by atoms with Gasteiger partial charge in [0.15, 0.2) is 5.69 Å². The van der Waals surface area contributed by atoms with Crippen LogP contribution in [-0.2, 0) is 0 Å². The van der Waals surface area contributed by atoms with Crippen molar-refractivity contribution in [2.75, 3.05) is 5.43 Å². The van der Waals surface area contributed by atoms with E-state index >= 15 is 0 Å². The predicted octanol–water partition coefficient (Wildman–Crippen LogP) is 4.62. The van der Waals surface area contributed by atoms with Gasteiger partial charge >= 0.3 is 5.56 Å². The number of rotatable bonds is 4. The van der Waals surface area contributed by atoms with Crippen molar-refractivity contribution < 1.29 is 0 Å². The van der Waals surface area contributed by atoms with Gasteiger partial charge in [0.25, 0.3) is 0 Å².